The van der Waals surface area contributed by atoms with E-state index in [2.05, 4.69) is 31.2 Å². The van der Waals surface area contributed by atoms with Gasteiger partial charge in [-0.15, -0.1) is 0 Å². The molecule has 0 amide bonds. The zero-order chi connectivity index (χ0) is 23.5. The summed E-state index contributed by atoms with van der Waals surface area (Å²) in [7, 11) is 0. The fraction of sp³-hybridized carbons (Fsp3) is 0.821. The van der Waals surface area contributed by atoms with Crippen molar-refractivity contribution in [3.05, 3.63) is 24.3 Å². The summed E-state index contributed by atoms with van der Waals surface area (Å²) in [5.74, 6) is -0.240. The Morgan fingerprint density at radius 1 is 0.750 bits per heavy atom. The summed E-state index contributed by atoms with van der Waals surface area (Å²) in [4.78, 5) is 11.6. The number of esters is 1. The van der Waals surface area contributed by atoms with Crippen molar-refractivity contribution in [3.63, 3.8) is 0 Å². The minimum absolute atomic E-state index is 0.177. The maximum absolute atomic E-state index is 11.6. The van der Waals surface area contributed by atoms with Crippen molar-refractivity contribution in [1.29, 1.82) is 0 Å². The third kappa shape index (κ3) is 23.5. The smallest absolute Gasteiger partial charge is 0.306 e. The molecule has 188 valence electrons. The van der Waals surface area contributed by atoms with E-state index in [1.54, 1.807) is 0 Å². The molecule has 0 aromatic heterocycles. The molecule has 0 heterocycles. The Morgan fingerprint density at radius 2 is 1.31 bits per heavy atom. The first-order valence-electron chi connectivity index (χ1n) is 13.4. The summed E-state index contributed by atoms with van der Waals surface area (Å²) in [5.41, 5.74) is 0. The summed E-state index contributed by atoms with van der Waals surface area (Å²) < 4.78 is 10.8. The molecule has 1 N–H and O–H groups in total. The molecule has 1 unspecified atom stereocenters. The number of rotatable bonds is 24. The molecule has 0 rings (SSSR count). The van der Waals surface area contributed by atoms with Crippen molar-refractivity contribution in [2.45, 2.75) is 129 Å². The summed E-state index contributed by atoms with van der Waals surface area (Å²) in [6.07, 6.45) is 28.5. The summed E-state index contributed by atoms with van der Waals surface area (Å²) >= 11 is 0. The van der Waals surface area contributed by atoms with Crippen LogP contribution in [0.4, 0.5) is 0 Å². The Kier molecular flexibility index (Phi) is 25.2. The number of hydrogen-bond donors (Lipinski definition) is 1. The van der Waals surface area contributed by atoms with Gasteiger partial charge in [0.05, 0.1) is 13.2 Å². The molecule has 0 aromatic rings. The second-order valence-corrected chi connectivity index (χ2v) is 8.76. The Hall–Kier alpha value is -1.13. The van der Waals surface area contributed by atoms with Gasteiger partial charge in [-0.1, -0.05) is 95.9 Å². The molecule has 4 heteroatoms. The Labute approximate surface area is 198 Å². The summed E-state index contributed by atoms with van der Waals surface area (Å²) in [6.45, 7) is 5.07. The van der Waals surface area contributed by atoms with Crippen LogP contribution in [0.5, 0.6) is 0 Å². The number of aliphatic hydroxyl groups excluding tert-OH is 1. The van der Waals surface area contributed by atoms with E-state index in [1.807, 2.05) is 6.92 Å². The van der Waals surface area contributed by atoms with Crippen molar-refractivity contribution < 1.29 is 19.4 Å². The van der Waals surface area contributed by atoms with E-state index in [9.17, 15) is 9.90 Å². The van der Waals surface area contributed by atoms with E-state index >= 15 is 0 Å². The fourth-order valence-corrected chi connectivity index (χ4v) is 3.45. The van der Waals surface area contributed by atoms with E-state index in [4.69, 9.17) is 9.47 Å². The van der Waals surface area contributed by atoms with Gasteiger partial charge in [0.1, 0.15) is 6.10 Å². The van der Waals surface area contributed by atoms with Gasteiger partial charge in [-0.05, 0) is 44.9 Å². The highest BCUT2D eigenvalue weighted by molar-refractivity contribution is 5.69. The van der Waals surface area contributed by atoms with Crippen molar-refractivity contribution in [3.8, 4) is 0 Å². The van der Waals surface area contributed by atoms with Crippen LogP contribution in [0, 0.1) is 0 Å². The maximum Gasteiger partial charge on any atom is 0.306 e. The number of carbonyl (C=O) groups excluding carboxylic acids is 1. The van der Waals surface area contributed by atoms with E-state index < -0.39 is 6.10 Å². The highest BCUT2D eigenvalue weighted by Crippen LogP contribution is 2.10. The zero-order valence-electron chi connectivity index (χ0n) is 21.2. The predicted molar refractivity (Wildman–Crippen MR) is 136 cm³/mol. The normalized spacial score (nSPS) is 12.7. The second-order valence-electron chi connectivity index (χ2n) is 8.76. The highest BCUT2D eigenvalue weighted by atomic mass is 16.6. The van der Waals surface area contributed by atoms with Crippen LogP contribution in [-0.4, -0.2) is 37.0 Å². The first-order chi connectivity index (χ1) is 15.7. The van der Waals surface area contributed by atoms with Crippen molar-refractivity contribution in [2.24, 2.45) is 0 Å². The first kappa shape index (κ1) is 30.9. The molecule has 0 aliphatic carbocycles. The van der Waals surface area contributed by atoms with Crippen LogP contribution in [-0.2, 0) is 14.3 Å². The standard InChI is InChI=1S/C28H52O4/c1-3-5-7-8-9-10-11-12-13-14-15-16-17-18-19-20-21-22-24-31-26-27(25-29)32-28(30)23-6-4-2/h9-10,12-13,27,29H,3-8,11,14-26H2,1-2H3/b10-9-,13-12-. The quantitative estimate of drug-likeness (QED) is 0.0926. The Bertz CT molecular complexity index is 445. The van der Waals surface area contributed by atoms with Crippen LogP contribution >= 0.6 is 0 Å². The van der Waals surface area contributed by atoms with Crippen LogP contribution in [0.15, 0.2) is 24.3 Å². The van der Waals surface area contributed by atoms with Crippen LogP contribution in [0.3, 0.4) is 0 Å². The maximum atomic E-state index is 11.6. The monoisotopic (exact) mass is 452 g/mol. The van der Waals surface area contributed by atoms with Crippen LogP contribution in [0.25, 0.3) is 0 Å². The van der Waals surface area contributed by atoms with Gasteiger partial charge in [-0.2, -0.15) is 0 Å². The number of carbonyl (C=O) groups is 1. The molecule has 0 fully saturated rings. The Morgan fingerprint density at radius 3 is 1.91 bits per heavy atom. The molecule has 0 radical (unpaired) electrons. The number of hydrogen-bond acceptors (Lipinski definition) is 4. The van der Waals surface area contributed by atoms with E-state index in [0.717, 1.165) is 25.7 Å². The van der Waals surface area contributed by atoms with Gasteiger partial charge in [0, 0.05) is 13.0 Å². The number of ether oxygens (including phenoxy) is 2. The lowest BCUT2D eigenvalue weighted by Gasteiger charge is -2.15. The number of unbranched alkanes of at least 4 members (excludes halogenated alkanes) is 12. The minimum Gasteiger partial charge on any atom is -0.457 e. The summed E-state index contributed by atoms with van der Waals surface area (Å²) in [5, 5.41) is 9.30. The number of allylic oxidation sites excluding steroid dienone is 4. The lowest BCUT2D eigenvalue weighted by molar-refractivity contribution is -0.154. The van der Waals surface area contributed by atoms with Gasteiger partial charge >= 0.3 is 5.97 Å². The average Bonchev–Trinajstić information content (AvgIpc) is 2.80. The topological polar surface area (TPSA) is 55.8 Å². The molecule has 1 atom stereocenters. The average molecular weight is 453 g/mol. The van der Waals surface area contributed by atoms with E-state index in [-0.39, 0.29) is 19.2 Å². The SMILES string of the molecule is CCCCC/C=C\C/C=C\CCCCCCCCCCOCC(CO)OC(=O)CCCC. The summed E-state index contributed by atoms with van der Waals surface area (Å²) in [6, 6.07) is 0. The van der Waals surface area contributed by atoms with Crippen molar-refractivity contribution in [2.75, 3.05) is 19.8 Å². The highest BCUT2D eigenvalue weighted by Gasteiger charge is 2.13. The minimum atomic E-state index is -0.527. The molecule has 0 aromatic carbocycles. The van der Waals surface area contributed by atoms with Crippen LogP contribution in [0.2, 0.25) is 0 Å². The van der Waals surface area contributed by atoms with E-state index in [1.165, 1.54) is 77.0 Å². The third-order valence-electron chi connectivity index (χ3n) is 5.53. The van der Waals surface area contributed by atoms with Gasteiger partial charge in [0.25, 0.3) is 0 Å². The molecule has 0 aliphatic heterocycles. The molecular weight excluding hydrogens is 400 g/mol. The van der Waals surface area contributed by atoms with Gasteiger partial charge in [0.2, 0.25) is 0 Å². The van der Waals surface area contributed by atoms with E-state index in [0.29, 0.717) is 13.0 Å². The third-order valence-corrected chi connectivity index (χ3v) is 5.53. The molecule has 0 saturated carbocycles. The molecule has 4 nitrogen and oxygen atoms in total. The number of aliphatic hydroxyl groups is 1. The molecule has 0 aliphatic rings. The molecule has 0 spiro atoms. The molecular formula is C28H52O4. The molecule has 0 saturated heterocycles. The van der Waals surface area contributed by atoms with Crippen LogP contribution < -0.4 is 0 Å². The van der Waals surface area contributed by atoms with Gasteiger partial charge in [0.15, 0.2) is 0 Å². The van der Waals surface area contributed by atoms with Gasteiger partial charge in [-0.3, -0.25) is 4.79 Å². The lowest BCUT2D eigenvalue weighted by atomic mass is 10.1. The predicted octanol–water partition coefficient (Wildman–Crippen LogP) is 7.69. The zero-order valence-corrected chi connectivity index (χ0v) is 21.2. The first-order valence-corrected chi connectivity index (χ1v) is 13.4. The van der Waals surface area contributed by atoms with Crippen molar-refractivity contribution >= 4 is 5.97 Å². The second kappa shape index (κ2) is 26.1. The Balaban J connectivity index is 3.35. The van der Waals surface area contributed by atoms with Gasteiger partial charge in [-0.25, -0.2) is 0 Å². The van der Waals surface area contributed by atoms with Crippen LogP contribution in [0.1, 0.15) is 123 Å². The van der Waals surface area contributed by atoms with Crippen molar-refractivity contribution in [1.82, 2.24) is 0 Å². The molecule has 32 heavy (non-hydrogen) atoms. The lowest BCUT2D eigenvalue weighted by Crippen LogP contribution is -2.27. The largest absolute Gasteiger partial charge is 0.457 e. The molecule has 0 bridgehead atoms. The fourth-order valence-electron chi connectivity index (χ4n) is 3.45. The van der Waals surface area contributed by atoms with Gasteiger partial charge < -0.3 is 14.6 Å².